The van der Waals surface area contributed by atoms with Crippen molar-refractivity contribution >= 4 is 34.4 Å². The summed E-state index contributed by atoms with van der Waals surface area (Å²) >= 11 is 0. The quantitative estimate of drug-likeness (QED) is 0.326. The number of carbonyl (C=O) groups is 2. The summed E-state index contributed by atoms with van der Waals surface area (Å²) in [6.07, 6.45) is 5.47. The molecular weight excluding hydrogens is 492 g/mol. The number of H-pyrrole nitrogens is 1. The summed E-state index contributed by atoms with van der Waals surface area (Å²) in [7, 11) is 0. The lowest BCUT2D eigenvalue weighted by atomic mass is 9.64. The smallest absolute Gasteiger partial charge is 0.256 e. The molecular formula is C30H28N6O3. The fourth-order valence-electron chi connectivity index (χ4n) is 5.52. The van der Waals surface area contributed by atoms with Crippen LogP contribution in [0.2, 0.25) is 0 Å². The van der Waals surface area contributed by atoms with Crippen LogP contribution in [0.1, 0.15) is 64.2 Å². The van der Waals surface area contributed by atoms with Crippen LogP contribution < -0.4 is 5.32 Å². The molecule has 1 saturated carbocycles. The Hall–Kier alpha value is -4.55. The van der Waals surface area contributed by atoms with Gasteiger partial charge in [-0.3, -0.25) is 9.59 Å². The number of nitrogens with one attached hydrogen (secondary N) is 2. The zero-order valence-corrected chi connectivity index (χ0v) is 21.4. The number of aromatic nitrogens is 3. The van der Waals surface area contributed by atoms with Crippen LogP contribution in [0.4, 0.5) is 11.5 Å². The van der Waals surface area contributed by atoms with Gasteiger partial charge in [-0.1, -0.05) is 36.8 Å². The average molecular weight is 521 g/mol. The molecule has 1 aliphatic carbocycles. The molecule has 0 radical (unpaired) electrons. The Labute approximate surface area is 225 Å². The maximum Gasteiger partial charge on any atom is 0.256 e. The predicted octanol–water partition coefficient (Wildman–Crippen LogP) is 4.83. The van der Waals surface area contributed by atoms with Crippen molar-refractivity contribution in [2.75, 3.05) is 18.4 Å². The summed E-state index contributed by atoms with van der Waals surface area (Å²) in [6.45, 7) is 8.22. The highest BCUT2D eigenvalue weighted by Crippen LogP contribution is 2.48. The minimum Gasteiger partial charge on any atom is -0.393 e. The van der Waals surface area contributed by atoms with E-state index in [0.717, 1.165) is 36.2 Å². The molecule has 1 aliphatic heterocycles. The number of pyridine rings is 1. The van der Waals surface area contributed by atoms with Gasteiger partial charge in [0.15, 0.2) is 5.69 Å². The van der Waals surface area contributed by atoms with Crippen molar-refractivity contribution in [1.29, 1.82) is 0 Å². The molecule has 0 atom stereocenters. The average Bonchev–Trinajstić information content (AvgIpc) is 3.38. The summed E-state index contributed by atoms with van der Waals surface area (Å²) < 4.78 is 0. The number of amides is 2. The van der Waals surface area contributed by atoms with Crippen LogP contribution in [0.3, 0.4) is 0 Å². The van der Waals surface area contributed by atoms with Crippen LogP contribution in [0.5, 0.6) is 0 Å². The summed E-state index contributed by atoms with van der Waals surface area (Å²) in [5, 5.41) is 12.6. The highest BCUT2D eigenvalue weighted by molar-refractivity contribution is 6.05. The summed E-state index contributed by atoms with van der Waals surface area (Å²) in [6, 6.07) is 15.9. The Morgan fingerprint density at radius 2 is 1.90 bits per heavy atom. The van der Waals surface area contributed by atoms with Gasteiger partial charge in [-0.25, -0.2) is 14.8 Å². The molecule has 6 rings (SSSR count). The highest BCUT2D eigenvalue weighted by Gasteiger charge is 2.43. The second kappa shape index (κ2) is 9.97. The zero-order chi connectivity index (χ0) is 27.0. The molecule has 9 nitrogen and oxygen atoms in total. The van der Waals surface area contributed by atoms with Gasteiger partial charge < -0.3 is 20.3 Å². The van der Waals surface area contributed by atoms with E-state index in [-0.39, 0.29) is 23.3 Å². The Morgan fingerprint density at radius 3 is 2.59 bits per heavy atom. The number of anilines is 1. The van der Waals surface area contributed by atoms with E-state index in [1.807, 2.05) is 24.3 Å². The van der Waals surface area contributed by atoms with Crippen molar-refractivity contribution in [2.24, 2.45) is 0 Å². The fraction of sp³-hybridized carbons (Fsp3) is 0.300. The molecule has 9 heteroatoms. The third-order valence-corrected chi connectivity index (χ3v) is 7.95. The van der Waals surface area contributed by atoms with Crippen molar-refractivity contribution in [3.8, 4) is 0 Å². The van der Waals surface area contributed by atoms with Gasteiger partial charge in [-0.15, -0.1) is 0 Å². The van der Waals surface area contributed by atoms with Gasteiger partial charge >= 0.3 is 0 Å². The van der Waals surface area contributed by atoms with E-state index in [1.165, 1.54) is 0 Å². The van der Waals surface area contributed by atoms with Gasteiger partial charge in [-0.2, -0.15) is 0 Å². The van der Waals surface area contributed by atoms with Gasteiger partial charge in [0.2, 0.25) is 0 Å². The first kappa shape index (κ1) is 24.8. The Balaban J connectivity index is 1.25. The number of hydrogen-bond donors (Lipinski definition) is 3. The van der Waals surface area contributed by atoms with Crippen LogP contribution in [0.25, 0.3) is 15.9 Å². The number of aliphatic hydroxyl groups is 1. The number of rotatable bonds is 5. The van der Waals surface area contributed by atoms with E-state index < -0.39 is 0 Å². The molecule has 2 fully saturated rings. The van der Waals surface area contributed by atoms with Crippen LogP contribution in [0, 0.1) is 6.57 Å². The molecule has 0 spiro atoms. The first-order valence-corrected chi connectivity index (χ1v) is 13.2. The predicted molar refractivity (Wildman–Crippen MR) is 147 cm³/mol. The van der Waals surface area contributed by atoms with Crippen LogP contribution in [-0.2, 0) is 5.41 Å². The number of para-hydroxylation sites is 1. The fourth-order valence-corrected chi connectivity index (χ4v) is 5.52. The number of nitrogens with zero attached hydrogens (tertiary/aromatic N) is 4. The lowest BCUT2D eigenvalue weighted by Crippen LogP contribution is -2.40. The minimum atomic E-state index is -0.343. The van der Waals surface area contributed by atoms with Crippen molar-refractivity contribution in [3.05, 3.63) is 94.7 Å². The van der Waals surface area contributed by atoms with E-state index >= 15 is 0 Å². The molecule has 3 N–H and O–H groups in total. The number of carbonyl (C=O) groups excluding carboxylic acids is 2. The largest absolute Gasteiger partial charge is 0.393 e. The van der Waals surface area contributed by atoms with E-state index in [9.17, 15) is 14.7 Å². The Morgan fingerprint density at radius 1 is 1.10 bits per heavy atom. The maximum atomic E-state index is 13.3. The number of imidazole rings is 1. The van der Waals surface area contributed by atoms with Crippen molar-refractivity contribution in [3.63, 3.8) is 0 Å². The lowest BCUT2D eigenvalue weighted by Gasteiger charge is -2.40. The zero-order valence-electron chi connectivity index (χ0n) is 21.4. The monoisotopic (exact) mass is 520 g/mol. The number of likely N-dealkylation sites (tertiary alicyclic amines) is 1. The molecule has 0 unspecified atom stereocenters. The van der Waals surface area contributed by atoms with Crippen molar-refractivity contribution in [2.45, 2.75) is 43.6 Å². The van der Waals surface area contributed by atoms with Crippen molar-refractivity contribution < 1.29 is 14.7 Å². The van der Waals surface area contributed by atoms with Gasteiger partial charge in [0.25, 0.3) is 11.8 Å². The molecule has 196 valence electrons. The lowest BCUT2D eigenvalue weighted by molar-refractivity contribution is 0.0548. The number of benzene rings is 2. The first-order chi connectivity index (χ1) is 19.0. The molecule has 2 amide bonds. The normalized spacial score (nSPS) is 16.9. The van der Waals surface area contributed by atoms with Gasteiger partial charge in [-0.05, 0) is 55.5 Å². The van der Waals surface area contributed by atoms with Gasteiger partial charge in [0.05, 0.1) is 29.2 Å². The summed E-state index contributed by atoms with van der Waals surface area (Å²) in [5.41, 5.74) is 3.51. The summed E-state index contributed by atoms with van der Waals surface area (Å²) in [4.78, 5) is 44.1. The van der Waals surface area contributed by atoms with Crippen LogP contribution in [0.15, 0.2) is 60.8 Å². The van der Waals surface area contributed by atoms with E-state index in [4.69, 9.17) is 11.6 Å². The molecule has 2 aromatic heterocycles. The number of piperidine rings is 1. The van der Waals surface area contributed by atoms with Crippen LogP contribution >= 0.6 is 0 Å². The molecule has 3 heterocycles. The minimum absolute atomic E-state index is 0.0584. The maximum absolute atomic E-state index is 13.3. The van der Waals surface area contributed by atoms with Gasteiger partial charge in [0, 0.05) is 24.8 Å². The molecule has 1 saturated heterocycles. The Bertz CT molecular complexity index is 1590. The number of hydrogen-bond acceptors (Lipinski definition) is 5. The second-order valence-corrected chi connectivity index (χ2v) is 10.3. The topological polar surface area (TPSA) is 116 Å². The van der Waals surface area contributed by atoms with E-state index in [1.54, 1.807) is 41.4 Å². The number of fused-ring (bicyclic) bond motifs is 1. The SMILES string of the molecule is [C-]#[N+]c1cccc(C(=O)Nc2ccc(C3(c4nc5c(C(=O)N6CCC(O)CC6)cccc5[nH]4)CCC3)cn2)c1. The van der Waals surface area contributed by atoms with E-state index in [0.29, 0.717) is 54.1 Å². The third-order valence-electron chi connectivity index (χ3n) is 7.95. The molecule has 2 aromatic carbocycles. The molecule has 0 bridgehead atoms. The number of aliphatic hydroxyl groups excluding tert-OH is 1. The molecule has 39 heavy (non-hydrogen) atoms. The van der Waals surface area contributed by atoms with E-state index in [2.05, 4.69) is 20.1 Å². The third kappa shape index (κ3) is 4.53. The second-order valence-electron chi connectivity index (χ2n) is 10.3. The van der Waals surface area contributed by atoms with Crippen molar-refractivity contribution in [1.82, 2.24) is 19.9 Å². The number of aromatic amines is 1. The standard InChI is InChI=1S/C30H28N6O3/c1-31-21-6-2-5-19(17-21)27(38)34-25-10-9-20(18-32-25)30(13-4-14-30)29-33-24-8-3-7-23(26(24)35-29)28(39)36-15-11-22(37)12-16-36/h2-3,5-10,17-18,22,37H,4,11-16H2,(H,33,35)(H,32,34,38). The molecule has 2 aliphatic rings. The van der Waals surface area contributed by atoms with Gasteiger partial charge in [0.1, 0.15) is 17.2 Å². The molecule has 4 aromatic rings. The highest BCUT2D eigenvalue weighted by atomic mass is 16.3. The first-order valence-electron chi connectivity index (χ1n) is 13.2. The van der Waals surface area contributed by atoms with Crippen LogP contribution in [-0.4, -0.2) is 56.0 Å². The summed E-state index contributed by atoms with van der Waals surface area (Å²) in [5.74, 6) is 0.858. The Kier molecular flexibility index (Phi) is 6.33.